The van der Waals surface area contributed by atoms with Gasteiger partial charge in [0.1, 0.15) is 5.75 Å². The summed E-state index contributed by atoms with van der Waals surface area (Å²) in [6, 6.07) is 14.4. The van der Waals surface area contributed by atoms with Gasteiger partial charge in [0.05, 0.1) is 18.4 Å². The summed E-state index contributed by atoms with van der Waals surface area (Å²) in [5.41, 5.74) is 2.20. The number of carbonyl (C=O) groups is 3. The molecule has 152 valence electrons. The first-order chi connectivity index (χ1) is 14.0. The van der Waals surface area contributed by atoms with Crippen LogP contribution in [0.2, 0.25) is 0 Å². The van der Waals surface area contributed by atoms with Gasteiger partial charge in [0.25, 0.3) is 0 Å². The fraction of sp³-hybridized carbons (Fsp3) is 0.318. The second kappa shape index (κ2) is 9.23. The number of carboxylic acid groups (broad SMARTS) is 1. The fourth-order valence-electron chi connectivity index (χ4n) is 3.41. The molecule has 0 aromatic heterocycles. The van der Waals surface area contributed by atoms with Crippen LogP contribution in [-0.4, -0.2) is 36.0 Å². The molecule has 7 heteroatoms. The third-order valence-electron chi connectivity index (χ3n) is 4.90. The number of hydrogen-bond acceptors (Lipinski definition) is 4. The van der Waals surface area contributed by atoms with Crippen molar-refractivity contribution >= 4 is 23.5 Å². The molecule has 2 amide bonds. The lowest BCUT2D eigenvalue weighted by Gasteiger charge is -2.25. The number of rotatable bonds is 8. The van der Waals surface area contributed by atoms with Gasteiger partial charge in [0.15, 0.2) is 0 Å². The molecule has 3 rings (SSSR count). The average Bonchev–Trinajstić information content (AvgIpc) is 2.71. The Balaban J connectivity index is 1.64. The molecule has 1 aliphatic rings. The van der Waals surface area contributed by atoms with E-state index in [2.05, 4.69) is 10.6 Å². The first-order valence-corrected chi connectivity index (χ1v) is 9.59. The monoisotopic (exact) mass is 396 g/mol. The van der Waals surface area contributed by atoms with E-state index in [9.17, 15) is 19.5 Å². The van der Waals surface area contributed by atoms with Crippen LogP contribution in [0.5, 0.6) is 5.75 Å². The van der Waals surface area contributed by atoms with E-state index < -0.39 is 17.8 Å². The van der Waals surface area contributed by atoms with Crippen molar-refractivity contribution in [2.45, 2.75) is 25.7 Å². The molecular weight excluding hydrogens is 372 g/mol. The van der Waals surface area contributed by atoms with Crippen LogP contribution in [0.25, 0.3) is 0 Å². The Hall–Kier alpha value is -3.35. The highest BCUT2D eigenvalue weighted by Crippen LogP contribution is 2.32. The van der Waals surface area contributed by atoms with E-state index in [4.69, 9.17) is 4.74 Å². The lowest BCUT2D eigenvalue weighted by Crippen LogP contribution is -2.39. The number of fused-ring (bicyclic) bond motifs is 1. The molecule has 2 aromatic rings. The second-order valence-corrected chi connectivity index (χ2v) is 6.95. The van der Waals surface area contributed by atoms with Gasteiger partial charge in [-0.05, 0) is 42.7 Å². The Morgan fingerprint density at radius 3 is 2.62 bits per heavy atom. The highest BCUT2D eigenvalue weighted by atomic mass is 16.5. The quantitative estimate of drug-likeness (QED) is 0.636. The molecule has 0 bridgehead atoms. The maximum absolute atomic E-state index is 12.7. The largest absolute Gasteiger partial charge is 0.494 e. The van der Waals surface area contributed by atoms with E-state index in [0.717, 1.165) is 16.9 Å². The zero-order valence-corrected chi connectivity index (χ0v) is 16.2. The molecule has 3 N–H and O–H groups in total. The van der Waals surface area contributed by atoms with Crippen molar-refractivity contribution in [1.82, 2.24) is 5.32 Å². The molecule has 7 nitrogen and oxygen atoms in total. The normalized spacial score (nSPS) is 16.3. The minimum atomic E-state index is -0.985. The van der Waals surface area contributed by atoms with E-state index >= 15 is 0 Å². The molecule has 0 saturated carbocycles. The Labute approximate surface area is 169 Å². The standard InChI is InChI=1S/C22H24N2O5/c1-2-29-16-9-7-14(8-10-16)11-15(22(27)28)13-23-21(26)18-12-20(25)24-19-6-4-3-5-17(18)19/h3-10,15,18H,2,11-13H2,1H3,(H,23,26)(H,24,25)(H,27,28). The van der Waals surface area contributed by atoms with E-state index in [1.54, 1.807) is 30.3 Å². The van der Waals surface area contributed by atoms with Crippen molar-refractivity contribution in [2.24, 2.45) is 5.92 Å². The topological polar surface area (TPSA) is 105 Å². The van der Waals surface area contributed by atoms with Crippen molar-refractivity contribution in [1.29, 1.82) is 0 Å². The summed E-state index contributed by atoms with van der Waals surface area (Å²) in [4.78, 5) is 36.3. The number of ether oxygens (including phenoxy) is 1. The predicted octanol–water partition coefficient (Wildman–Crippen LogP) is 2.57. The molecule has 0 aliphatic carbocycles. The lowest BCUT2D eigenvalue weighted by atomic mass is 9.89. The summed E-state index contributed by atoms with van der Waals surface area (Å²) < 4.78 is 5.39. The SMILES string of the molecule is CCOc1ccc(CC(CNC(=O)C2CC(=O)Nc3ccccc32)C(=O)O)cc1. The van der Waals surface area contributed by atoms with Crippen molar-refractivity contribution in [3.8, 4) is 5.75 Å². The number of para-hydroxylation sites is 1. The zero-order valence-electron chi connectivity index (χ0n) is 16.2. The van der Waals surface area contributed by atoms with Crippen LogP contribution in [0.1, 0.15) is 30.4 Å². The van der Waals surface area contributed by atoms with Crippen molar-refractivity contribution in [3.05, 3.63) is 59.7 Å². The highest BCUT2D eigenvalue weighted by Gasteiger charge is 2.31. The maximum Gasteiger partial charge on any atom is 0.308 e. The molecule has 1 heterocycles. The van der Waals surface area contributed by atoms with Crippen molar-refractivity contribution < 1.29 is 24.2 Å². The predicted molar refractivity (Wildman–Crippen MR) is 108 cm³/mol. The Kier molecular flexibility index (Phi) is 6.49. The Morgan fingerprint density at radius 2 is 1.93 bits per heavy atom. The fourth-order valence-corrected chi connectivity index (χ4v) is 3.41. The van der Waals surface area contributed by atoms with Crippen LogP contribution >= 0.6 is 0 Å². The average molecular weight is 396 g/mol. The Morgan fingerprint density at radius 1 is 1.21 bits per heavy atom. The first-order valence-electron chi connectivity index (χ1n) is 9.59. The third kappa shape index (κ3) is 5.13. The highest BCUT2D eigenvalue weighted by molar-refractivity contribution is 6.01. The summed E-state index contributed by atoms with van der Waals surface area (Å²) in [7, 11) is 0. The minimum absolute atomic E-state index is 0.0122. The van der Waals surface area contributed by atoms with E-state index in [1.807, 2.05) is 25.1 Å². The van der Waals surface area contributed by atoms with E-state index in [0.29, 0.717) is 12.3 Å². The lowest BCUT2D eigenvalue weighted by molar-refractivity contribution is -0.141. The number of carboxylic acids is 1. The second-order valence-electron chi connectivity index (χ2n) is 6.95. The van der Waals surface area contributed by atoms with Gasteiger partial charge in [-0.15, -0.1) is 0 Å². The smallest absolute Gasteiger partial charge is 0.308 e. The molecule has 29 heavy (non-hydrogen) atoms. The molecule has 1 aliphatic heterocycles. The summed E-state index contributed by atoms with van der Waals surface area (Å²) in [6.07, 6.45) is 0.323. The van der Waals surface area contributed by atoms with Crippen LogP contribution < -0.4 is 15.4 Å². The van der Waals surface area contributed by atoms with Crippen LogP contribution in [0.4, 0.5) is 5.69 Å². The van der Waals surface area contributed by atoms with Gasteiger partial charge in [-0.2, -0.15) is 0 Å². The number of amides is 2. The van der Waals surface area contributed by atoms with Gasteiger partial charge in [-0.1, -0.05) is 30.3 Å². The molecule has 2 atom stereocenters. The third-order valence-corrected chi connectivity index (χ3v) is 4.90. The molecule has 0 saturated heterocycles. The van der Waals surface area contributed by atoms with Gasteiger partial charge in [-0.25, -0.2) is 0 Å². The number of aliphatic carboxylic acids is 1. The van der Waals surface area contributed by atoms with Gasteiger partial charge >= 0.3 is 5.97 Å². The number of hydrogen-bond donors (Lipinski definition) is 3. The molecule has 2 aromatic carbocycles. The summed E-state index contributed by atoms with van der Waals surface area (Å²) in [5, 5.41) is 15.0. The first kappa shape index (κ1) is 20.4. The molecule has 0 fully saturated rings. The molecular formula is C22H24N2O5. The van der Waals surface area contributed by atoms with Crippen molar-refractivity contribution in [3.63, 3.8) is 0 Å². The Bertz CT molecular complexity index is 894. The van der Waals surface area contributed by atoms with Gasteiger partial charge in [0.2, 0.25) is 11.8 Å². The van der Waals surface area contributed by atoms with Gasteiger partial charge < -0.3 is 20.5 Å². The number of anilines is 1. The van der Waals surface area contributed by atoms with Gasteiger partial charge in [-0.3, -0.25) is 14.4 Å². The van der Waals surface area contributed by atoms with Crippen LogP contribution in [0, 0.1) is 5.92 Å². The number of carbonyl (C=O) groups excluding carboxylic acids is 2. The number of nitrogens with one attached hydrogen (secondary N) is 2. The van der Waals surface area contributed by atoms with E-state index in [1.165, 1.54) is 0 Å². The molecule has 0 spiro atoms. The summed E-state index contributed by atoms with van der Waals surface area (Å²) in [5.74, 6) is -2.23. The van der Waals surface area contributed by atoms with E-state index in [-0.39, 0.29) is 31.2 Å². The number of benzene rings is 2. The van der Waals surface area contributed by atoms with Gasteiger partial charge in [0, 0.05) is 18.7 Å². The molecule has 0 radical (unpaired) electrons. The summed E-state index contributed by atoms with van der Waals surface area (Å²) in [6.45, 7) is 2.44. The summed E-state index contributed by atoms with van der Waals surface area (Å²) >= 11 is 0. The maximum atomic E-state index is 12.7. The minimum Gasteiger partial charge on any atom is -0.494 e. The van der Waals surface area contributed by atoms with Crippen LogP contribution in [0.15, 0.2) is 48.5 Å². The molecule has 2 unspecified atom stereocenters. The van der Waals surface area contributed by atoms with Crippen LogP contribution in [-0.2, 0) is 20.8 Å². The zero-order chi connectivity index (χ0) is 20.8. The van der Waals surface area contributed by atoms with Crippen molar-refractivity contribution in [2.75, 3.05) is 18.5 Å². The van der Waals surface area contributed by atoms with Crippen LogP contribution in [0.3, 0.4) is 0 Å².